The van der Waals surface area contributed by atoms with Gasteiger partial charge in [-0.3, -0.25) is 4.79 Å². The monoisotopic (exact) mass is 435 g/mol. The van der Waals surface area contributed by atoms with Crippen LogP contribution in [0.1, 0.15) is 40.2 Å². The van der Waals surface area contributed by atoms with Crippen molar-refractivity contribution in [2.75, 3.05) is 18.4 Å². The second-order valence-electron chi connectivity index (χ2n) is 8.10. The highest BCUT2D eigenvalue weighted by atomic mass is 32.1. The third kappa shape index (κ3) is 3.42. The molecule has 6 rings (SSSR count). The fourth-order valence-corrected chi connectivity index (χ4v) is 4.67. The van der Waals surface area contributed by atoms with E-state index in [-0.39, 0.29) is 11.6 Å². The summed E-state index contributed by atoms with van der Waals surface area (Å²) in [6.07, 6.45) is 7.35. The lowest BCUT2D eigenvalue weighted by Crippen LogP contribution is -2.41. The topological polar surface area (TPSA) is 111 Å². The Kier molecular flexibility index (Phi) is 4.20. The van der Waals surface area contributed by atoms with Gasteiger partial charge in [-0.15, -0.1) is 11.3 Å². The molecule has 0 atom stereocenters. The van der Waals surface area contributed by atoms with E-state index in [0.717, 1.165) is 70.5 Å². The van der Waals surface area contributed by atoms with E-state index < -0.39 is 0 Å². The van der Waals surface area contributed by atoms with Gasteiger partial charge >= 0.3 is 5.69 Å². The van der Waals surface area contributed by atoms with Gasteiger partial charge in [-0.1, -0.05) is 0 Å². The molecule has 1 aliphatic carbocycles. The van der Waals surface area contributed by atoms with Crippen LogP contribution in [-0.4, -0.2) is 54.5 Å². The average Bonchev–Trinajstić information content (AvgIpc) is 3.10. The number of H-pyrrole nitrogens is 2. The van der Waals surface area contributed by atoms with Crippen LogP contribution >= 0.6 is 11.3 Å². The van der Waals surface area contributed by atoms with Crippen LogP contribution in [-0.2, 0) is 6.42 Å². The number of hydrogen-bond donors (Lipinski definition) is 3. The molecule has 4 aromatic rings. The number of fused-ring (bicyclic) bond motifs is 1. The molecule has 2 fully saturated rings. The molecule has 4 aromatic heterocycles. The van der Waals surface area contributed by atoms with E-state index in [1.54, 1.807) is 12.4 Å². The number of hydrogen-bond acceptors (Lipinski definition) is 6. The van der Waals surface area contributed by atoms with E-state index in [4.69, 9.17) is 4.98 Å². The highest BCUT2D eigenvalue weighted by Crippen LogP contribution is 2.33. The molecule has 1 amide bonds. The Bertz CT molecular complexity index is 1340. The SMILES string of the molecule is O=C(c1ccc(-c2cc(NC3CC3)n3ncc(Cc4c[nH]c(=O)[nH]4)c3n2)s1)N1CCC1. The molecule has 0 spiro atoms. The number of thiophene rings is 1. The third-order valence-electron chi connectivity index (χ3n) is 5.72. The number of imidazole rings is 1. The summed E-state index contributed by atoms with van der Waals surface area (Å²) >= 11 is 1.48. The highest BCUT2D eigenvalue weighted by molar-refractivity contribution is 7.17. The Balaban J connectivity index is 1.40. The van der Waals surface area contributed by atoms with Crippen LogP contribution in [0.3, 0.4) is 0 Å². The van der Waals surface area contributed by atoms with E-state index in [9.17, 15) is 9.59 Å². The van der Waals surface area contributed by atoms with Gasteiger partial charge in [0.1, 0.15) is 5.82 Å². The summed E-state index contributed by atoms with van der Waals surface area (Å²) in [7, 11) is 0. The third-order valence-corrected chi connectivity index (χ3v) is 6.81. The van der Waals surface area contributed by atoms with Crippen LogP contribution in [0.5, 0.6) is 0 Å². The van der Waals surface area contributed by atoms with Gasteiger partial charge in [0.25, 0.3) is 5.91 Å². The van der Waals surface area contributed by atoms with Crippen molar-refractivity contribution in [2.24, 2.45) is 0 Å². The molecular weight excluding hydrogens is 414 g/mol. The smallest absolute Gasteiger partial charge is 0.323 e. The lowest BCUT2D eigenvalue weighted by molar-refractivity contribution is 0.0657. The van der Waals surface area contributed by atoms with Gasteiger partial charge in [0.15, 0.2) is 5.65 Å². The molecule has 10 heteroatoms. The van der Waals surface area contributed by atoms with Crippen LogP contribution in [0.15, 0.2) is 35.4 Å². The Morgan fingerprint density at radius 3 is 2.87 bits per heavy atom. The second-order valence-corrected chi connectivity index (χ2v) is 9.19. The van der Waals surface area contributed by atoms with Crippen LogP contribution in [0, 0.1) is 0 Å². The van der Waals surface area contributed by atoms with Crippen molar-refractivity contribution in [3.8, 4) is 10.6 Å². The predicted octanol–water partition coefficient (Wildman–Crippen LogP) is 2.49. The largest absolute Gasteiger partial charge is 0.367 e. The summed E-state index contributed by atoms with van der Waals surface area (Å²) in [5.74, 6) is 0.988. The fourth-order valence-electron chi connectivity index (χ4n) is 3.74. The van der Waals surface area contributed by atoms with E-state index in [1.165, 1.54) is 11.3 Å². The summed E-state index contributed by atoms with van der Waals surface area (Å²) in [6.45, 7) is 1.68. The number of nitrogens with one attached hydrogen (secondary N) is 3. The van der Waals surface area contributed by atoms with Gasteiger partial charge < -0.3 is 20.2 Å². The van der Waals surface area contributed by atoms with Gasteiger partial charge in [-0.2, -0.15) is 9.61 Å². The molecule has 0 aromatic carbocycles. The van der Waals surface area contributed by atoms with E-state index in [1.807, 2.05) is 27.6 Å². The molecule has 0 radical (unpaired) electrons. The van der Waals surface area contributed by atoms with Gasteiger partial charge in [0.05, 0.1) is 21.6 Å². The van der Waals surface area contributed by atoms with E-state index >= 15 is 0 Å². The number of aromatic nitrogens is 5. The summed E-state index contributed by atoms with van der Waals surface area (Å²) in [6, 6.07) is 6.32. The maximum atomic E-state index is 12.6. The molecule has 9 nitrogen and oxygen atoms in total. The van der Waals surface area contributed by atoms with E-state index in [2.05, 4.69) is 20.4 Å². The molecule has 2 aliphatic rings. The molecular formula is C21H21N7O2S. The quantitative estimate of drug-likeness (QED) is 0.431. The molecule has 31 heavy (non-hydrogen) atoms. The molecule has 5 heterocycles. The zero-order chi connectivity index (χ0) is 20.9. The maximum Gasteiger partial charge on any atom is 0.323 e. The molecule has 1 saturated heterocycles. The van der Waals surface area contributed by atoms with Crippen molar-refractivity contribution in [3.05, 3.63) is 57.2 Å². The van der Waals surface area contributed by atoms with Crippen molar-refractivity contribution in [3.63, 3.8) is 0 Å². The number of nitrogens with zero attached hydrogens (tertiary/aromatic N) is 4. The lowest BCUT2D eigenvalue weighted by atomic mass is 10.2. The Hall–Kier alpha value is -3.40. The van der Waals surface area contributed by atoms with Crippen molar-refractivity contribution >= 4 is 28.7 Å². The first-order chi connectivity index (χ1) is 15.1. The normalized spacial score (nSPS) is 15.9. The number of aromatic amines is 2. The number of likely N-dealkylation sites (tertiary alicyclic amines) is 1. The molecule has 158 valence electrons. The zero-order valence-corrected chi connectivity index (χ0v) is 17.5. The molecule has 1 aliphatic heterocycles. The maximum absolute atomic E-state index is 12.6. The highest BCUT2D eigenvalue weighted by Gasteiger charge is 2.25. The van der Waals surface area contributed by atoms with Crippen molar-refractivity contribution in [2.45, 2.75) is 31.7 Å². The first-order valence-electron chi connectivity index (χ1n) is 10.4. The predicted molar refractivity (Wildman–Crippen MR) is 118 cm³/mol. The fraction of sp³-hybridized carbons (Fsp3) is 0.333. The Morgan fingerprint density at radius 2 is 2.16 bits per heavy atom. The zero-order valence-electron chi connectivity index (χ0n) is 16.7. The summed E-state index contributed by atoms with van der Waals surface area (Å²) in [5, 5.41) is 8.09. The first-order valence-corrected chi connectivity index (χ1v) is 11.3. The second kappa shape index (κ2) is 7.09. The van der Waals surface area contributed by atoms with Gasteiger partial charge in [-0.25, -0.2) is 9.78 Å². The minimum absolute atomic E-state index is 0.0985. The molecule has 3 N–H and O–H groups in total. The Labute approximate surface area is 181 Å². The first kappa shape index (κ1) is 18.4. The lowest BCUT2D eigenvalue weighted by Gasteiger charge is -2.30. The molecule has 0 bridgehead atoms. The standard InChI is InChI=1S/C21H21N7O2S/c29-20(27-6-1-7-27)17-5-4-16(31-17)15-9-18(24-13-2-3-13)28-19(26-15)12(10-23-28)8-14-11-22-21(30)25-14/h4-5,9-11,13,24H,1-3,6-8H2,(H2,22,25,30). The number of carbonyl (C=O) groups is 1. The van der Waals surface area contributed by atoms with Gasteiger partial charge in [-0.05, 0) is 31.4 Å². The van der Waals surface area contributed by atoms with Crippen molar-refractivity contribution in [1.82, 2.24) is 29.5 Å². The summed E-state index contributed by atoms with van der Waals surface area (Å²) < 4.78 is 1.82. The number of rotatable bonds is 6. The summed E-state index contributed by atoms with van der Waals surface area (Å²) in [4.78, 5) is 37.9. The van der Waals surface area contributed by atoms with Crippen molar-refractivity contribution in [1.29, 1.82) is 0 Å². The minimum atomic E-state index is -0.228. The Morgan fingerprint density at radius 1 is 1.29 bits per heavy atom. The van der Waals surface area contributed by atoms with Crippen LogP contribution in [0.25, 0.3) is 16.2 Å². The van der Waals surface area contributed by atoms with Gasteiger partial charge in [0, 0.05) is 49.1 Å². The number of anilines is 1. The van der Waals surface area contributed by atoms with Crippen molar-refractivity contribution < 1.29 is 4.79 Å². The van der Waals surface area contributed by atoms with Crippen LogP contribution < -0.4 is 11.0 Å². The van der Waals surface area contributed by atoms with Crippen LogP contribution in [0.2, 0.25) is 0 Å². The summed E-state index contributed by atoms with van der Waals surface area (Å²) in [5.41, 5.74) is 3.03. The average molecular weight is 436 g/mol. The molecule has 1 saturated carbocycles. The van der Waals surface area contributed by atoms with E-state index in [0.29, 0.717) is 12.5 Å². The minimum Gasteiger partial charge on any atom is -0.367 e. The van der Waals surface area contributed by atoms with Gasteiger partial charge in [0.2, 0.25) is 0 Å². The number of amides is 1. The molecule has 0 unspecified atom stereocenters. The number of carbonyl (C=O) groups excluding carboxylic acids is 1. The van der Waals surface area contributed by atoms with Crippen LogP contribution in [0.4, 0.5) is 5.82 Å².